The highest BCUT2D eigenvalue weighted by Crippen LogP contribution is 2.20. The number of hydrazine groups is 1. The van der Waals surface area contributed by atoms with Crippen LogP contribution in [-0.2, 0) is 11.2 Å². The fourth-order valence-electron chi connectivity index (χ4n) is 2.18. The first-order valence-corrected chi connectivity index (χ1v) is 8.26. The van der Waals surface area contributed by atoms with Crippen molar-refractivity contribution in [3.05, 3.63) is 65.5 Å². The summed E-state index contributed by atoms with van der Waals surface area (Å²) in [5, 5.41) is 9.44. The van der Waals surface area contributed by atoms with Gasteiger partial charge in [0.1, 0.15) is 17.1 Å². The number of benzene rings is 2. The van der Waals surface area contributed by atoms with E-state index >= 15 is 0 Å². The van der Waals surface area contributed by atoms with Crippen molar-refractivity contribution < 1.29 is 18.7 Å². The van der Waals surface area contributed by atoms with Gasteiger partial charge in [-0.3, -0.25) is 10.2 Å². The van der Waals surface area contributed by atoms with Gasteiger partial charge in [0.2, 0.25) is 0 Å². The van der Waals surface area contributed by atoms with Gasteiger partial charge in [0.05, 0.1) is 12.5 Å². The average Bonchev–Trinajstić information content (AvgIpc) is 2.59. The van der Waals surface area contributed by atoms with E-state index in [1.165, 1.54) is 30.3 Å². The van der Waals surface area contributed by atoms with Crippen LogP contribution in [0.2, 0.25) is 0 Å². The lowest BCUT2D eigenvalue weighted by molar-refractivity contribution is 0.0546. The third-order valence-electron chi connectivity index (χ3n) is 3.38. The molecule has 6 nitrogen and oxygen atoms in total. The van der Waals surface area contributed by atoms with Crippen molar-refractivity contribution in [3.63, 3.8) is 0 Å². The van der Waals surface area contributed by atoms with Crippen molar-refractivity contribution in [2.45, 2.75) is 32.8 Å². The van der Waals surface area contributed by atoms with Gasteiger partial charge in [-0.1, -0.05) is 24.3 Å². The van der Waals surface area contributed by atoms with Gasteiger partial charge in [0, 0.05) is 5.56 Å². The number of nitrogens with zero attached hydrogens (tertiary/aromatic N) is 2. The molecule has 0 aliphatic carbocycles. The second-order valence-corrected chi connectivity index (χ2v) is 6.74. The molecule has 7 heteroatoms. The SMILES string of the molecule is CC(C)(C)OC(=O)N(NC(=O)c1ccc(CC#N)cc1)c1ccccc1F. The first-order chi connectivity index (χ1) is 12.7. The molecule has 0 saturated heterocycles. The lowest BCUT2D eigenvalue weighted by Crippen LogP contribution is -2.49. The second kappa shape index (κ2) is 8.32. The van der Waals surface area contributed by atoms with Gasteiger partial charge in [0.15, 0.2) is 0 Å². The number of ether oxygens (including phenoxy) is 1. The number of hydrogen-bond donors (Lipinski definition) is 1. The number of anilines is 1. The Labute approximate surface area is 157 Å². The van der Waals surface area contributed by atoms with E-state index in [0.29, 0.717) is 0 Å². The van der Waals surface area contributed by atoms with Crippen LogP contribution >= 0.6 is 0 Å². The van der Waals surface area contributed by atoms with E-state index < -0.39 is 23.4 Å². The summed E-state index contributed by atoms with van der Waals surface area (Å²) in [6, 6.07) is 13.9. The fourth-order valence-corrected chi connectivity index (χ4v) is 2.18. The molecule has 2 aromatic rings. The number of para-hydroxylation sites is 1. The second-order valence-electron chi connectivity index (χ2n) is 6.74. The third-order valence-corrected chi connectivity index (χ3v) is 3.38. The highest BCUT2D eigenvalue weighted by atomic mass is 19.1. The largest absolute Gasteiger partial charge is 0.442 e. The molecule has 0 saturated carbocycles. The molecule has 0 aliphatic heterocycles. The molecule has 0 bridgehead atoms. The number of hydrogen-bond acceptors (Lipinski definition) is 4. The summed E-state index contributed by atoms with van der Waals surface area (Å²) < 4.78 is 19.5. The third kappa shape index (κ3) is 5.54. The first-order valence-electron chi connectivity index (χ1n) is 8.26. The van der Waals surface area contributed by atoms with Gasteiger partial charge < -0.3 is 4.74 Å². The normalized spacial score (nSPS) is 10.6. The Hall–Kier alpha value is -3.40. The first kappa shape index (κ1) is 19.9. The molecule has 0 unspecified atom stereocenters. The number of amides is 2. The lowest BCUT2D eigenvalue weighted by atomic mass is 10.1. The number of nitrogens with one attached hydrogen (secondary N) is 1. The predicted molar refractivity (Wildman–Crippen MR) is 98.3 cm³/mol. The van der Waals surface area contributed by atoms with Crippen molar-refractivity contribution in [3.8, 4) is 6.07 Å². The molecular weight excluding hydrogens is 349 g/mol. The molecule has 0 aliphatic rings. The molecule has 0 aromatic heterocycles. The number of carbonyl (C=O) groups excluding carboxylic acids is 2. The Bertz CT molecular complexity index is 867. The Balaban J connectivity index is 2.28. The smallest absolute Gasteiger partial charge is 0.434 e. The van der Waals surface area contributed by atoms with Gasteiger partial charge in [-0.25, -0.2) is 9.18 Å². The summed E-state index contributed by atoms with van der Waals surface area (Å²) in [6.07, 6.45) is -0.691. The molecule has 27 heavy (non-hydrogen) atoms. The van der Waals surface area contributed by atoms with E-state index in [9.17, 15) is 14.0 Å². The molecule has 0 heterocycles. The van der Waals surface area contributed by atoms with E-state index in [-0.39, 0.29) is 17.7 Å². The molecule has 1 N–H and O–H groups in total. The maximum atomic E-state index is 14.2. The standard InChI is InChI=1S/C20H20FN3O3/c1-20(2,3)27-19(26)24(17-7-5-4-6-16(17)21)23-18(25)15-10-8-14(9-11-15)12-13-22/h4-11H,12H2,1-3H3,(H,23,25). The highest BCUT2D eigenvalue weighted by molar-refractivity contribution is 5.99. The Morgan fingerprint density at radius 2 is 1.78 bits per heavy atom. The van der Waals surface area contributed by atoms with Crippen LogP contribution in [0.3, 0.4) is 0 Å². The average molecular weight is 369 g/mol. The molecule has 2 rings (SSSR count). The van der Waals surface area contributed by atoms with Gasteiger partial charge >= 0.3 is 6.09 Å². The number of rotatable bonds is 3. The molecule has 0 fully saturated rings. The summed E-state index contributed by atoms with van der Waals surface area (Å²) >= 11 is 0. The van der Waals surface area contributed by atoms with Crippen LogP contribution in [0.4, 0.5) is 14.9 Å². The van der Waals surface area contributed by atoms with E-state index in [4.69, 9.17) is 10.00 Å². The van der Waals surface area contributed by atoms with Crippen LogP contribution in [0.1, 0.15) is 36.7 Å². The van der Waals surface area contributed by atoms with Crippen LogP contribution in [0.5, 0.6) is 0 Å². The Kier molecular flexibility index (Phi) is 6.14. The minimum atomic E-state index is -0.915. The van der Waals surface area contributed by atoms with Crippen LogP contribution in [0.25, 0.3) is 0 Å². The molecule has 0 atom stereocenters. The summed E-state index contributed by atoms with van der Waals surface area (Å²) in [5.41, 5.74) is 2.42. The van der Waals surface area contributed by atoms with Crippen LogP contribution in [0.15, 0.2) is 48.5 Å². The van der Waals surface area contributed by atoms with Crippen LogP contribution < -0.4 is 10.4 Å². The Morgan fingerprint density at radius 1 is 1.15 bits per heavy atom. The highest BCUT2D eigenvalue weighted by Gasteiger charge is 2.27. The topological polar surface area (TPSA) is 82.4 Å². The van der Waals surface area contributed by atoms with Crippen molar-refractivity contribution >= 4 is 17.7 Å². The number of carbonyl (C=O) groups is 2. The zero-order valence-electron chi connectivity index (χ0n) is 15.3. The van der Waals surface area contributed by atoms with E-state index in [0.717, 1.165) is 10.6 Å². The molecule has 0 spiro atoms. The lowest BCUT2D eigenvalue weighted by Gasteiger charge is -2.27. The van der Waals surface area contributed by atoms with E-state index in [1.54, 1.807) is 39.0 Å². The van der Waals surface area contributed by atoms with Crippen LogP contribution in [0, 0.1) is 17.1 Å². The van der Waals surface area contributed by atoms with Gasteiger partial charge in [-0.15, -0.1) is 0 Å². The van der Waals surface area contributed by atoms with Crippen molar-refractivity contribution in [2.24, 2.45) is 0 Å². The zero-order valence-corrected chi connectivity index (χ0v) is 15.3. The monoisotopic (exact) mass is 369 g/mol. The summed E-state index contributed by atoms with van der Waals surface area (Å²) in [6.45, 7) is 5.00. The zero-order chi connectivity index (χ0) is 20.0. The molecule has 140 valence electrons. The summed E-state index contributed by atoms with van der Waals surface area (Å²) in [7, 11) is 0. The van der Waals surface area contributed by atoms with Gasteiger partial charge in [-0.2, -0.15) is 10.3 Å². The van der Waals surface area contributed by atoms with E-state index in [1.807, 2.05) is 6.07 Å². The number of halogens is 1. The molecule has 0 radical (unpaired) electrons. The fraction of sp³-hybridized carbons (Fsp3) is 0.250. The van der Waals surface area contributed by atoms with Gasteiger partial charge in [0.25, 0.3) is 5.91 Å². The Morgan fingerprint density at radius 3 is 2.33 bits per heavy atom. The van der Waals surface area contributed by atoms with Crippen molar-refractivity contribution in [2.75, 3.05) is 5.01 Å². The molecular formula is C20H20FN3O3. The van der Waals surface area contributed by atoms with Crippen molar-refractivity contribution in [1.29, 1.82) is 5.26 Å². The minimum absolute atomic E-state index is 0.138. The molecule has 2 amide bonds. The van der Waals surface area contributed by atoms with Crippen molar-refractivity contribution in [1.82, 2.24) is 5.43 Å². The summed E-state index contributed by atoms with van der Waals surface area (Å²) in [4.78, 5) is 25.0. The predicted octanol–water partition coefficient (Wildman–Crippen LogP) is 3.98. The van der Waals surface area contributed by atoms with E-state index in [2.05, 4.69) is 5.43 Å². The van der Waals surface area contributed by atoms with Gasteiger partial charge in [-0.05, 0) is 50.6 Å². The minimum Gasteiger partial charge on any atom is -0.442 e. The quantitative estimate of drug-likeness (QED) is 0.830. The maximum absolute atomic E-state index is 14.2. The summed E-state index contributed by atoms with van der Waals surface area (Å²) in [5.74, 6) is -1.30. The maximum Gasteiger partial charge on any atom is 0.434 e. The molecule has 2 aromatic carbocycles. The van der Waals surface area contributed by atoms with Crippen LogP contribution in [-0.4, -0.2) is 17.6 Å². The number of nitriles is 1.